The maximum absolute atomic E-state index is 10.6. The minimum atomic E-state index is -0.871. The van der Waals surface area contributed by atoms with Crippen LogP contribution in [0.15, 0.2) is 17.2 Å². The van der Waals surface area contributed by atoms with Gasteiger partial charge in [0.25, 0.3) is 0 Å². The molecule has 0 amide bonds. The third-order valence-electron chi connectivity index (χ3n) is 1.83. The van der Waals surface area contributed by atoms with E-state index >= 15 is 0 Å². The fraction of sp³-hybridized carbons (Fsp3) is 0.300. The molecule has 1 rings (SSSR count). The number of nitrogens with zero attached hydrogens (tertiary/aromatic N) is 2. The number of pyridine rings is 1. The van der Waals surface area contributed by atoms with Gasteiger partial charge in [-0.3, -0.25) is 4.79 Å². The summed E-state index contributed by atoms with van der Waals surface area (Å²) in [5, 5.41) is 17.5. The first-order valence-electron chi connectivity index (χ1n) is 4.32. The van der Waals surface area contributed by atoms with E-state index < -0.39 is 11.2 Å². The summed E-state index contributed by atoms with van der Waals surface area (Å²) in [6.45, 7) is 3.33. The molecule has 1 N–H and O–H groups in total. The Hall–Kier alpha value is -1.54. The fourth-order valence-electron chi connectivity index (χ4n) is 0.953. The molecule has 1 aromatic heterocycles. The predicted octanol–water partition coefficient (Wildman–Crippen LogP) is 1.83. The molecule has 1 heterocycles. The van der Waals surface area contributed by atoms with Crippen molar-refractivity contribution < 1.29 is 9.90 Å². The largest absolute Gasteiger partial charge is 0.480 e. The summed E-state index contributed by atoms with van der Waals surface area (Å²) in [5.74, 6) is -0.871. The summed E-state index contributed by atoms with van der Waals surface area (Å²) in [6, 6.07) is 5.32. The number of thioether (sulfide) groups is 1. The van der Waals surface area contributed by atoms with Crippen molar-refractivity contribution >= 4 is 17.7 Å². The first-order valence-corrected chi connectivity index (χ1v) is 5.19. The number of carboxylic acids is 1. The molecule has 0 fully saturated rings. The van der Waals surface area contributed by atoms with Gasteiger partial charge < -0.3 is 5.11 Å². The Kier molecular flexibility index (Phi) is 3.69. The molecule has 0 spiro atoms. The van der Waals surface area contributed by atoms with Crippen LogP contribution in [0.2, 0.25) is 0 Å². The molecule has 0 aliphatic carbocycles. The van der Waals surface area contributed by atoms with Gasteiger partial charge in [-0.2, -0.15) is 5.26 Å². The molecule has 78 valence electrons. The zero-order chi connectivity index (χ0) is 11.4. The highest BCUT2D eigenvalue weighted by Crippen LogP contribution is 2.22. The van der Waals surface area contributed by atoms with E-state index in [1.165, 1.54) is 0 Å². The van der Waals surface area contributed by atoms with Crippen LogP contribution in [0.4, 0.5) is 0 Å². The number of hydrogen-bond acceptors (Lipinski definition) is 4. The van der Waals surface area contributed by atoms with E-state index in [0.717, 1.165) is 11.8 Å². The highest BCUT2D eigenvalue weighted by molar-refractivity contribution is 8.00. The van der Waals surface area contributed by atoms with Gasteiger partial charge in [-0.15, -0.1) is 0 Å². The first kappa shape index (κ1) is 11.5. The Morgan fingerprint density at radius 2 is 2.33 bits per heavy atom. The van der Waals surface area contributed by atoms with Gasteiger partial charge >= 0.3 is 5.97 Å². The summed E-state index contributed by atoms with van der Waals surface area (Å²) in [4.78, 5) is 14.8. The predicted molar refractivity (Wildman–Crippen MR) is 56.6 cm³/mol. The third kappa shape index (κ3) is 2.96. The molecule has 4 nitrogen and oxygen atoms in total. The first-order chi connectivity index (χ1) is 7.04. The quantitative estimate of drug-likeness (QED) is 0.790. The summed E-state index contributed by atoms with van der Waals surface area (Å²) in [6.07, 6.45) is 0. The lowest BCUT2D eigenvalue weighted by molar-refractivity contribution is -0.136. The monoisotopic (exact) mass is 222 g/mol. The molecule has 0 aliphatic rings. The standard InChI is InChI=1S/C10H10N2O2S/c1-6-8(5-11)3-4-9(12-6)15-7(2)10(13)14/h3-4,7H,1-2H3,(H,13,14). The second-order valence-corrected chi connectivity index (χ2v) is 4.35. The summed E-state index contributed by atoms with van der Waals surface area (Å²) < 4.78 is 0. The Labute approximate surface area is 91.9 Å². The van der Waals surface area contributed by atoms with Crippen molar-refractivity contribution in [3.63, 3.8) is 0 Å². The molecule has 1 aromatic rings. The number of rotatable bonds is 3. The van der Waals surface area contributed by atoms with Crippen LogP contribution in [0.1, 0.15) is 18.2 Å². The lowest BCUT2D eigenvalue weighted by Crippen LogP contribution is -2.11. The number of carboxylic acid groups (broad SMARTS) is 1. The average molecular weight is 222 g/mol. The molecule has 0 saturated heterocycles. The second-order valence-electron chi connectivity index (χ2n) is 2.99. The van der Waals surface area contributed by atoms with Gasteiger partial charge in [-0.05, 0) is 26.0 Å². The SMILES string of the molecule is Cc1nc(SC(C)C(=O)O)ccc1C#N. The lowest BCUT2D eigenvalue weighted by Gasteiger charge is -2.06. The summed E-state index contributed by atoms with van der Waals surface area (Å²) in [7, 11) is 0. The number of carbonyl (C=O) groups is 1. The summed E-state index contributed by atoms with van der Waals surface area (Å²) in [5.41, 5.74) is 1.14. The van der Waals surface area contributed by atoms with Crippen molar-refractivity contribution in [2.45, 2.75) is 24.1 Å². The molecule has 0 aliphatic heterocycles. The maximum atomic E-state index is 10.6. The molecular formula is C10H10N2O2S. The van der Waals surface area contributed by atoms with E-state index in [9.17, 15) is 4.79 Å². The van der Waals surface area contributed by atoms with Gasteiger partial charge in [-0.25, -0.2) is 4.98 Å². The zero-order valence-corrected chi connectivity index (χ0v) is 9.21. The van der Waals surface area contributed by atoms with Gasteiger partial charge in [0.2, 0.25) is 0 Å². The minimum absolute atomic E-state index is 0.516. The normalized spacial score (nSPS) is 11.8. The molecular weight excluding hydrogens is 212 g/mol. The van der Waals surface area contributed by atoms with Crippen LogP contribution in [0, 0.1) is 18.3 Å². The van der Waals surface area contributed by atoms with Crippen LogP contribution in [0.5, 0.6) is 0 Å². The molecule has 0 bridgehead atoms. The minimum Gasteiger partial charge on any atom is -0.480 e. The van der Waals surface area contributed by atoms with Crippen molar-refractivity contribution in [2.24, 2.45) is 0 Å². The highest BCUT2D eigenvalue weighted by Gasteiger charge is 2.13. The van der Waals surface area contributed by atoms with Gasteiger partial charge in [0, 0.05) is 0 Å². The van der Waals surface area contributed by atoms with Crippen LogP contribution in [0.3, 0.4) is 0 Å². The molecule has 0 radical (unpaired) electrons. The van der Waals surface area contributed by atoms with Gasteiger partial charge in [0.1, 0.15) is 11.3 Å². The number of hydrogen-bond donors (Lipinski definition) is 1. The van der Waals surface area contributed by atoms with Crippen LogP contribution in [0.25, 0.3) is 0 Å². The number of nitriles is 1. The van der Waals surface area contributed by atoms with Gasteiger partial charge in [-0.1, -0.05) is 11.8 Å². The maximum Gasteiger partial charge on any atom is 0.316 e. The molecule has 1 unspecified atom stereocenters. The van der Waals surface area contributed by atoms with E-state index in [1.54, 1.807) is 26.0 Å². The summed E-state index contributed by atoms with van der Waals surface area (Å²) >= 11 is 1.16. The Morgan fingerprint density at radius 1 is 1.67 bits per heavy atom. The number of aliphatic carboxylic acids is 1. The number of aromatic nitrogens is 1. The zero-order valence-electron chi connectivity index (χ0n) is 8.39. The smallest absolute Gasteiger partial charge is 0.316 e. The fourth-order valence-corrected chi connectivity index (χ4v) is 1.75. The van der Waals surface area contributed by atoms with Crippen LogP contribution >= 0.6 is 11.8 Å². The van der Waals surface area contributed by atoms with Crippen molar-refractivity contribution in [1.29, 1.82) is 5.26 Å². The highest BCUT2D eigenvalue weighted by atomic mass is 32.2. The molecule has 0 saturated carbocycles. The van der Waals surface area contributed by atoms with E-state index in [4.69, 9.17) is 10.4 Å². The van der Waals surface area contributed by atoms with Gasteiger partial charge in [0.05, 0.1) is 16.3 Å². The van der Waals surface area contributed by atoms with Crippen LogP contribution in [-0.2, 0) is 4.79 Å². The Bertz CT molecular complexity index is 426. The molecule has 5 heteroatoms. The topological polar surface area (TPSA) is 74.0 Å². The van der Waals surface area contributed by atoms with Crippen molar-refractivity contribution in [3.8, 4) is 6.07 Å². The van der Waals surface area contributed by atoms with Crippen molar-refractivity contribution in [2.75, 3.05) is 0 Å². The number of aryl methyl sites for hydroxylation is 1. The van der Waals surface area contributed by atoms with E-state index in [2.05, 4.69) is 4.98 Å². The van der Waals surface area contributed by atoms with Gasteiger partial charge in [0.15, 0.2) is 0 Å². The van der Waals surface area contributed by atoms with Crippen molar-refractivity contribution in [3.05, 3.63) is 23.4 Å². The molecule has 15 heavy (non-hydrogen) atoms. The van der Waals surface area contributed by atoms with Crippen molar-refractivity contribution in [1.82, 2.24) is 4.98 Å². The second kappa shape index (κ2) is 4.80. The Balaban J connectivity index is 2.85. The van der Waals surface area contributed by atoms with E-state index in [1.807, 2.05) is 6.07 Å². The lowest BCUT2D eigenvalue weighted by atomic mass is 10.2. The molecule has 1 atom stereocenters. The molecule has 0 aromatic carbocycles. The van der Waals surface area contributed by atoms with E-state index in [0.29, 0.717) is 16.3 Å². The van der Waals surface area contributed by atoms with Crippen LogP contribution in [-0.4, -0.2) is 21.3 Å². The van der Waals surface area contributed by atoms with E-state index in [-0.39, 0.29) is 0 Å². The third-order valence-corrected chi connectivity index (χ3v) is 2.85. The Morgan fingerprint density at radius 3 is 2.80 bits per heavy atom. The van der Waals surface area contributed by atoms with Crippen LogP contribution < -0.4 is 0 Å². The average Bonchev–Trinajstić information content (AvgIpc) is 2.18.